The minimum atomic E-state index is 0.421. The Kier molecular flexibility index (Phi) is 2.96. The molecule has 15 heavy (non-hydrogen) atoms. The Morgan fingerprint density at radius 2 is 1.80 bits per heavy atom. The molecule has 1 fully saturated rings. The summed E-state index contributed by atoms with van der Waals surface area (Å²) in [4.78, 5) is 0. The van der Waals surface area contributed by atoms with Gasteiger partial charge in [0, 0.05) is 0 Å². The number of hydrogen-bond acceptors (Lipinski definition) is 2. The fourth-order valence-corrected chi connectivity index (χ4v) is 2.40. The van der Waals surface area contributed by atoms with Crippen molar-refractivity contribution >= 4 is 0 Å². The van der Waals surface area contributed by atoms with Gasteiger partial charge in [0.2, 0.25) is 0 Å². The summed E-state index contributed by atoms with van der Waals surface area (Å²) in [6, 6.07) is 4.05. The van der Waals surface area contributed by atoms with Gasteiger partial charge >= 0.3 is 0 Å². The first-order valence-electron chi connectivity index (χ1n) is 5.69. The lowest BCUT2D eigenvalue weighted by molar-refractivity contribution is 0.453. The molecule has 0 aliphatic carbocycles. The van der Waals surface area contributed by atoms with Crippen molar-refractivity contribution in [1.29, 1.82) is 0 Å². The summed E-state index contributed by atoms with van der Waals surface area (Å²) in [6.07, 6.45) is 2.43. The molecule has 1 aliphatic rings. The standard InChI is InChI=1S/C13H19NO/c1-9-8-13(15)10(2)7-12(9)11-3-5-14-6-4-11/h7-8,11,14-15H,3-6H2,1-2H3. The Morgan fingerprint density at radius 3 is 2.47 bits per heavy atom. The van der Waals surface area contributed by atoms with Crippen molar-refractivity contribution in [2.45, 2.75) is 32.6 Å². The molecule has 1 aromatic rings. The normalized spacial score (nSPS) is 18.0. The summed E-state index contributed by atoms with van der Waals surface area (Å²) < 4.78 is 0. The number of piperidine rings is 1. The molecule has 0 aromatic heterocycles. The van der Waals surface area contributed by atoms with Crippen molar-refractivity contribution < 1.29 is 5.11 Å². The van der Waals surface area contributed by atoms with E-state index in [1.54, 1.807) is 0 Å². The molecule has 0 saturated carbocycles. The minimum Gasteiger partial charge on any atom is -0.508 e. The number of aromatic hydroxyl groups is 1. The summed E-state index contributed by atoms with van der Waals surface area (Å²) in [5.41, 5.74) is 3.64. The van der Waals surface area contributed by atoms with E-state index in [0.717, 1.165) is 18.7 Å². The Bertz CT molecular complexity index is 354. The van der Waals surface area contributed by atoms with Crippen LogP contribution in [0.4, 0.5) is 0 Å². The third kappa shape index (κ3) is 2.15. The first-order valence-corrected chi connectivity index (χ1v) is 5.69. The van der Waals surface area contributed by atoms with Gasteiger partial charge in [0.25, 0.3) is 0 Å². The maximum Gasteiger partial charge on any atom is 0.118 e. The van der Waals surface area contributed by atoms with Crippen LogP contribution >= 0.6 is 0 Å². The van der Waals surface area contributed by atoms with Crippen LogP contribution in [0, 0.1) is 13.8 Å². The Hall–Kier alpha value is -1.02. The number of aryl methyl sites for hydroxylation is 2. The molecule has 0 atom stereocenters. The second kappa shape index (κ2) is 4.23. The van der Waals surface area contributed by atoms with Gasteiger partial charge in [-0.3, -0.25) is 0 Å². The van der Waals surface area contributed by atoms with Crippen LogP contribution in [0.1, 0.15) is 35.4 Å². The number of benzene rings is 1. The van der Waals surface area contributed by atoms with Gasteiger partial charge in [0.1, 0.15) is 5.75 Å². The molecule has 0 radical (unpaired) electrons. The predicted octanol–water partition coefficient (Wildman–Crippen LogP) is 2.48. The SMILES string of the molecule is Cc1cc(C2CCNCC2)c(C)cc1O. The Labute approximate surface area is 91.3 Å². The largest absolute Gasteiger partial charge is 0.508 e. The van der Waals surface area contributed by atoms with E-state index >= 15 is 0 Å². The number of phenolic OH excluding ortho intramolecular Hbond substituents is 1. The minimum absolute atomic E-state index is 0.421. The van der Waals surface area contributed by atoms with Crippen molar-refractivity contribution in [3.8, 4) is 5.75 Å². The predicted molar refractivity (Wildman–Crippen MR) is 62.4 cm³/mol. The quantitative estimate of drug-likeness (QED) is 0.738. The van der Waals surface area contributed by atoms with Crippen LogP contribution in [0.25, 0.3) is 0 Å². The molecule has 1 aromatic carbocycles. The Morgan fingerprint density at radius 1 is 1.13 bits per heavy atom. The van der Waals surface area contributed by atoms with E-state index < -0.39 is 0 Å². The molecule has 0 bridgehead atoms. The average Bonchev–Trinajstić information content (AvgIpc) is 2.25. The maximum absolute atomic E-state index is 9.61. The van der Waals surface area contributed by atoms with Crippen LogP contribution in [-0.4, -0.2) is 18.2 Å². The molecule has 2 N–H and O–H groups in total. The van der Waals surface area contributed by atoms with Gasteiger partial charge in [0.15, 0.2) is 0 Å². The lowest BCUT2D eigenvalue weighted by atomic mass is 9.86. The monoisotopic (exact) mass is 205 g/mol. The third-order valence-corrected chi connectivity index (χ3v) is 3.36. The maximum atomic E-state index is 9.61. The third-order valence-electron chi connectivity index (χ3n) is 3.36. The lowest BCUT2D eigenvalue weighted by Crippen LogP contribution is -2.27. The molecule has 1 heterocycles. The number of rotatable bonds is 1. The molecular formula is C13H19NO. The number of nitrogens with one attached hydrogen (secondary N) is 1. The van der Waals surface area contributed by atoms with Gasteiger partial charge < -0.3 is 10.4 Å². The average molecular weight is 205 g/mol. The fraction of sp³-hybridized carbons (Fsp3) is 0.538. The zero-order chi connectivity index (χ0) is 10.8. The van der Waals surface area contributed by atoms with Crippen LogP contribution in [0.5, 0.6) is 5.75 Å². The molecule has 2 rings (SSSR count). The topological polar surface area (TPSA) is 32.3 Å². The molecule has 0 amide bonds. The summed E-state index contributed by atoms with van der Waals surface area (Å²) >= 11 is 0. The van der Waals surface area contributed by atoms with E-state index in [9.17, 15) is 5.11 Å². The van der Waals surface area contributed by atoms with E-state index in [1.807, 2.05) is 13.0 Å². The van der Waals surface area contributed by atoms with Crippen LogP contribution in [0.3, 0.4) is 0 Å². The van der Waals surface area contributed by atoms with Crippen molar-refractivity contribution in [2.75, 3.05) is 13.1 Å². The highest BCUT2D eigenvalue weighted by Gasteiger charge is 2.17. The first kappa shape index (κ1) is 10.5. The highest BCUT2D eigenvalue weighted by atomic mass is 16.3. The molecule has 0 spiro atoms. The van der Waals surface area contributed by atoms with E-state index in [0.29, 0.717) is 11.7 Å². The highest BCUT2D eigenvalue weighted by molar-refractivity contribution is 5.42. The smallest absolute Gasteiger partial charge is 0.118 e. The van der Waals surface area contributed by atoms with Gasteiger partial charge in [-0.15, -0.1) is 0 Å². The molecule has 1 aliphatic heterocycles. The van der Waals surface area contributed by atoms with Crippen LogP contribution < -0.4 is 5.32 Å². The second-order valence-corrected chi connectivity index (χ2v) is 4.52. The number of hydrogen-bond donors (Lipinski definition) is 2. The van der Waals surface area contributed by atoms with E-state index in [2.05, 4.69) is 18.3 Å². The molecule has 2 nitrogen and oxygen atoms in total. The zero-order valence-electron chi connectivity index (χ0n) is 9.51. The van der Waals surface area contributed by atoms with E-state index in [-0.39, 0.29) is 0 Å². The van der Waals surface area contributed by atoms with E-state index in [1.165, 1.54) is 24.0 Å². The van der Waals surface area contributed by atoms with Crippen molar-refractivity contribution in [3.05, 3.63) is 28.8 Å². The van der Waals surface area contributed by atoms with Crippen LogP contribution in [-0.2, 0) is 0 Å². The van der Waals surface area contributed by atoms with Gasteiger partial charge in [-0.1, -0.05) is 6.07 Å². The molecule has 0 unspecified atom stereocenters. The fourth-order valence-electron chi connectivity index (χ4n) is 2.40. The van der Waals surface area contributed by atoms with Crippen molar-refractivity contribution in [3.63, 3.8) is 0 Å². The molecule has 82 valence electrons. The first-order chi connectivity index (χ1) is 7.18. The van der Waals surface area contributed by atoms with Crippen molar-refractivity contribution in [2.24, 2.45) is 0 Å². The van der Waals surface area contributed by atoms with Crippen LogP contribution in [0.15, 0.2) is 12.1 Å². The summed E-state index contributed by atoms with van der Waals surface area (Å²) in [7, 11) is 0. The van der Waals surface area contributed by atoms with Gasteiger partial charge in [0.05, 0.1) is 0 Å². The van der Waals surface area contributed by atoms with Crippen LogP contribution in [0.2, 0.25) is 0 Å². The molecule has 1 saturated heterocycles. The zero-order valence-corrected chi connectivity index (χ0v) is 9.51. The van der Waals surface area contributed by atoms with Gasteiger partial charge in [-0.05, 0) is 68.5 Å². The molecule has 2 heteroatoms. The lowest BCUT2D eigenvalue weighted by Gasteiger charge is -2.25. The highest BCUT2D eigenvalue weighted by Crippen LogP contribution is 2.31. The summed E-state index contributed by atoms with van der Waals surface area (Å²) in [6.45, 7) is 6.30. The van der Waals surface area contributed by atoms with E-state index in [4.69, 9.17) is 0 Å². The summed E-state index contributed by atoms with van der Waals surface area (Å²) in [5.74, 6) is 1.09. The summed E-state index contributed by atoms with van der Waals surface area (Å²) in [5, 5.41) is 13.0. The second-order valence-electron chi connectivity index (χ2n) is 4.52. The Balaban J connectivity index is 2.30. The van der Waals surface area contributed by atoms with Gasteiger partial charge in [-0.25, -0.2) is 0 Å². The van der Waals surface area contributed by atoms with Crippen molar-refractivity contribution in [1.82, 2.24) is 5.32 Å². The number of phenols is 1. The molecular weight excluding hydrogens is 186 g/mol. The van der Waals surface area contributed by atoms with Gasteiger partial charge in [-0.2, -0.15) is 0 Å².